The Kier molecular flexibility index (Phi) is 5.34. The molecule has 0 atom stereocenters. The third kappa shape index (κ3) is 4.78. The molecule has 0 aromatic carbocycles. The highest BCUT2D eigenvalue weighted by Crippen LogP contribution is 2.22. The molecule has 1 rings (SSSR count). The van der Waals surface area contributed by atoms with Crippen molar-refractivity contribution in [2.75, 3.05) is 6.54 Å². The first-order chi connectivity index (χ1) is 8.31. The lowest BCUT2D eigenvalue weighted by Crippen LogP contribution is -2.32. The number of aliphatic carboxylic acids is 1. The van der Waals surface area contributed by atoms with Crippen LogP contribution in [0.2, 0.25) is 0 Å². The molecule has 2 N–H and O–H groups in total. The van der Waals surface area contributed by atoms with Crippen molar-refractivity contribution < 1.29 is 14.7 Å². The van der Waals surface area contributed by atoms with Crippen LogP contribution in [0.5, 0.6) is 0 Å². The van der Waals surface area contributed by atoms with E-state index < -0.39 is 11.4 Å². The third-order valence-electron chi connectivity index (χ3n) is 2.61. The van der Waals surface area contributed by atoms with Gasteiger partial charge < -0.3 is 10.4 Å². The van der Waals surface area contributed by atoms with Gasteiger partial charge >= 0.3 is 5.97 Å². The van der Waals surface area contributed by atoms with Crippen LogP contribution in [0.1, 0.15) is 25.1 Å². The number of nitrogens with one attached hydrogen (secondary N) is 1. The number of hydrogen-bond acceptors (Lipinski definition) is 3. The number of amides is 1. The lowest BCUT2D eigenvalue weighted by atomic mass is 9.90. The third-order valence-corrected chi connectivity index (χ3v) is 4.24. The van der Waals surface area contributed by atoms with Crippen LogP contribution in [0.25, 0.3) is 0 Å². The molecule has 0 saturated carbocycles. The molecular formula is C12H16BrNO3S. The van der Waals surface area contributed by atoms with E-state index in [-0.39, 0.29) is 5.91 Å². The van der Waals surface area contributed by atoms with E-state index in [2.05, 4.69) is 21.2 Å². The van der Waals surface area contributed by atoms with E-state index in [1.165, 1.54) is 11.3 Å². The molecule has 18 heavy (non-hydrogen) atoms. The molecule has 0 bridgehead atoms. The van der Waals surface area contributed by atoms with Crippen molar-refractivity contribution in [3.05, 3.63) is 20.8 Å². The molecule has 0 unspecified atom stereocenters. The molecule has 1 aromatic heterocycles. The highest BCUT2D eigenvalue weighted by molar-refractivity contribution is 9.11. The fraction of sp³-hybridized carbons (Fsp3) is 0.500. The summed E-state index contributed by atoms with van der Waals surface area (Å²) in [6, 6.07) is 3.80. The number of carbonyl (C=O) groups excluding carboxylic acids is 1. The SMILES string of the molecule is CC(C)(CCNC(=O)Cc1ccc(Br)s1)C(=O)O. The van der Waals surface area contributed by atoms with E-state index in [0.717, 1.165) is 8.66 Å². The topological polar surface area (TPSA) is 66.4 Å². The van der Waals surface area contributed by atoms with Crippen molar-refractivity contribution >= 4 is 39.1 Å². The minimum atomic E-state index is -0.848. The molecule has 0 aliphatic heterocycles. The van der Waals surface area contributed by atoms with Crippen LogP contribution in [0.4, 0.5) is 0 Å². The summed E-state index contributed by atoms with van der Waals surface area (Å²) < 4.78 is 0.998. The highest BCUT2D eigenvalue weighted by atomic mass is 79.9. The molecule has 1 amide bonds. The van der Waals surface area contributed by atoms with Crippen LogP contribution < -0.4 is 5.32 Å². The van der Waals surface area contributed by atoms with Gasteiger partial charge in [-0.05, 0) is 48.3 Å². The van der Waals surface area contributed by atoms with Crippen LogP contribution in [0.15, 0.2) is 15.9 Å². The lowest BCUT2D eigenvalue weighted by Gasteiger charge is -2.18. The van der Waals surface area contributed by atoms with Gasteiger partial charge in [0.15, 0.2) is 0 Å². The van der Waals surface area contributed by atoms with Crippen molar-refractivity contribution in [2.24, 2.45) is 5.41 Å². The zero-order valence-electron chi connectivity index (χ0n) is 10.3. The number of carboxylic acid groups (broad SMARTS) is 1. The number of hydrogen-bond donors (Lipinski definition) is 2. The average molecular weight is 334 g/mol. The van der Waals surface area contributed by atoms with E-state index in [0.29, 0.717) is 19.4 Å². The monoisotopic (exact) mass is 333 g/mol. The average Bonchev–Trinajstić information content (AvgIpc) is 2.63. The quantitative estimate of drug-likeness (QED) is 0.841. The second-order valence-electron chi connectivity index (χ2n) is 4.67. The molecule has 0 radical (unpaired) electrons. The Hall–Kier alpha value is -0.880. The Bertz CT molecular complexity index is 442. The van der Waals surface area contributed by atoms with Gasteiger partial charge in [0.05, 0.1) is 15.6 Å². The predicted octanol–water partition coefficient (Wildman–Crippen LogP) is 2.67. The zero-order valence-corrected chi connectivity index (χ0v) is 12.7. The first-order valence-electron chi connectivity index (χ1n) is 5.55. The summed E-state index contributed by atoms with van der Waals surface area (Å²) in [7, 11) is 0. The van der Waals surface area contributed by atoms with Crippen LogP contribution in [-0.2, 0) is 16.0 Å². The molecule has 1 aromatic rings. The van der Waals surface area contributed by atoms with Gasteiger partial charge in [0.25, 0.3) is 0 Å². The van der Waals surface area contributed by atoms with Crippen molar-refractivity contribution in [1.82, 2.24) is 5.32 Å². The van der Waals surface area contributed by atoms with Gasteiger partial charge in [-0.1, -0.05) is 0 Å². The van der Waals surface area contributed by atoms with E-state index in [9.17, 15) is 9.59 Å². The largest absolute Gasteiger partial charge is 0.481 e. The fourth-order valence-electron chi connectivity index (χ4n) is 1.29. The minimum Gasteiger partial charge on any atom is -0.481 e. The summed E-state index contributed by atoms with van der Waals surface area (Å²) in [5.74, 6) is -0.926. The van der Waals surface area contributed by atoms with E-state index in [4.69, 9.17) is 5.11 Å². The van der Waals surface area contributed by atoms with Gasteiger partial charge in [-0.2, -0.15) is 0 Å². The number of rotatable bonds is 6. The number of carboxylic acids is 1. The molecule has 0 aliphatic carbocycles. The number of carbonyl (C=O) groups is 2. The first-order valence-corrected chi connectivity index (χ1v) is 7.16. The smallest absolute Gasteiger partial charge is 0.309 e. The summed E-state index contributed by atoms with van der Waals surface area (Å²) in [4.78, 5) is 23.5. The summed E-state index contributed by atoms with van der Waals surface area (Å²) >= 11 is 4.86. The predicted molar refractivity (Wildman–Crippen MR) is 74.8 cm³/mol. The van der Waals surface area contributed by atoms with E-state index in [1.807, 2.05) is 12.1 Å². The second-order valence-corrected chi connectivity index (χ2v) is 7.22. The first kappa shape index (κ1) is 15.2. The minimum absolute atomic E-state index is 0.0782. The zero-order chi connectivity index (χ0) is 13.8. The fourth-order valence-corrected chi connectivity index (χ4v) is 2.77. The molecule has 0 fully saturated rings. The maximum Gasteiger partial charge on any atom is 0.309 e. The summed E-state index contributed by atoms with van der Waals surface area (Å²) in [5, 5.41) is 11.7. The molecule has 6 heteroatoms. The standard InChI is InChI=1S/C12H16BrNO3S/c1-12(2,11(16)17)5-6-14-10(15)7-8-3-4-9(13)18-8/h3-4H,5-7H2,1-2H3,(H,14,15)(H,16,17). The van der Waals surface area contributed by atoms with Gasteiger partial charge in [0, 0.05) is 11.4 Å². The summed E-state index contributed by atoms with van der Waals surface area (Å²) in [5.41, 5.74) is -0.806. The Morgan fingerprint density at radius 2 is 2.11 bits per heavy atom. The Balaban J connectivity index is 2.32. The summed E-state index contributed by atoms with van der Waals surface area (Å²) in [6.07, 6.45) is 0.756. The summed E-state index contributed by atoms with van der Waals surface area (Å²) in [6.45, 7) is 3.68. The lowest BCUT2D eigenvalue weighted by molar-refractivity contribution is -0.147. The second kappa shape index (κ2) is 6.33. The molecule has 1 heterocycles. The Morgan fingerprint density at radius 3 is 2.61 bits per heavy atom. The van der Waals surface area contributed by atoms with Gasteiger partial charge in [0.1, 0.15) is 0 Å². The van der Waals surface area contributed by atoms with Gasteiger partial charge in [-0.15, -0.1) is 11.3 Å². The van der Waals surface area contributed by atoms with Crippen molar-refractivity contribution in [2.45, 2.75) is 26.7 Å². The Labute approximate surface area is 119 Å². The van der Waals surface area contributed by atoms with Crippen molar-refractivity contribution in [1.29, 1.82) is 0 Å². The normalized spacial score (nSPS) is 11.3. The maximum atomic E-state index is 11.6. The van der Waals surface area contributed by atoms with Crippen molar-refractivity contribution in [3.8, 4) is 0 Å². The van der Waals surface area contributed by atoms with Gasteiger partial charge in [-0.25, -0.2) is 0 Å². The number of halogens is 1. The van der Waals surface area contributed by atoms with Gasteiger partial charge in [-0.3, -0.25) is 9.59 Å². The molecule has 0 saturated heterocycles. The van der Waals surface area contributed by atoms with Gasteiger partial charge in [0.2, 0.25) is 5.91 Å². The molecule has 0 spiro atoms. The van der Waals surface area contributed by atoms with Crippen LogP contribution in [-0.4, -0.2) is 23.5 Å². The molecule has 4 nitrogen and oxygen atoms in total. The van der Waals surface area contributed by atoms with Crippen LogP contribution >= 0.6 is 27.3 Å². The molecule has 0 aliphatic rings. The highest BCUT2D eigenvalue weighted by Gasteiger charge is 2.26. The Morgan fingerprint density at radius 1 is 1.44 bits per heavy atom. The molecule has 100 valence electrons. The maximum absolute atomic E-state index is 11.6. The van der Waals surface area contributed by atoms with E-state index in [1.54, 1.807) is 13.8 Å². The van der Waals surface area contributed by atoms with E-state index >= 15 is 0 Å². The number of thiophene rings is 1. The van der Waals surface area contributed by atoms with Crippen molar-refractivity contribution in [3.63, 3.8) is 0 Å². The van der Waals surface area contributed by atoms with Crippen LogP contribution in [0, 0.1) is 5.41 Å². The van der Waals surface area contributed by atoms with Crippen LogP contribution in [0.3, 0.4) is 0 Å². The molecular weight excluding hydrogens is 318 g/mol.